The van der Waals surface area contributed by atoms with Crippen molar-refractivity contribution in [2.75, 3.05) is 0 Å². The standard InChI is InChI=1S/C16H28FTe/c1-2-3-4-5-6-7-8-9-10-13-16(17)18-14-11-12-15-18/h11-12,14-16H,2-10,13H2,1H3. The fourth-order valence-electron chi connectivity index (χ4n) is 2.24. The molecule has 1 heterocycles. The average Bonchev–Trinajstić information content (AvgIpc) is 2.90. The van der Waals surface area contributed by atoms with Gasteiger partial charge in [-0.2, -0.15) is 0 Å². The van der Waals surface area contributed by atoms with Crippen molar-refractivity contribution in [1.29, 1.82) is 0 Å². The van der Waals surface area contributed by atoms with E-state index in [9.17, 15) is 4.39 Å². The fraction of sp³-hybridized carbons (Fsp3) is 0.750. The van der Waals surface area contributed by atoms with Gasteiger partial charge in [-0.1, -0.05) is 0 Å². The van der Waals surface area contributed by atoms with Gasteiger partial charge < -0.3 is 0 Å². The molecule has 0 aromatic carbocycles. The molecular formula is C16H28FTe. The van der Waals surface area contributed by atoms with Crippen molar-refractivity contribution in [2.45, 2.75) is 75.4 Å². The summed E-state index contributed by atoms with van der Waals surface area (Å²) < 4.78 is 17.6. The molecule has 0 saturated heterocycles. The molecule has 0 aliphatic carbocycles. The van der Waals surface area contributed by atoms with E-state index >= 15 is 0 Å². The first-order valence-corrected chi connectivity index (χ1v) is 11.6. The molecule has 0 N–H and O–H groups in total. The molecule has 0 amide bonds. The number of alkyl halides is 1. The number of halogens is 1. The second-order valence-electron chi connectivity index (χ2n) is 5.09. The van der Waals surface area contributed by atoms with Crippen molar-refractivity contribution < 1.29 is 4.39 Å². The number of allylic oxidation sites excluding steroid dienone is 2. The summed E-state index contributed by atoms with van der Waals surface area (Å²) in [7, 11) is 0. The van der Waals surface area contributed by atoms with Crippen molar-refractivity contribution in [1.82, 2.24) is 0 Å². The van der Waals surface area contributed by atoms with Gasteiger partial charge in [0.1, 0.15) is 0 Å². The number of rotatable bonds is 11. The molecule has 0 nitrogen and oxygen atoms in total. The van der Waals surface area contributed by atoms with Gasteiger partial charge in [0.15, 0.2) is 0 Å². The predicted molar refractivity (Wildman–Crippen MR) is 80.8 cm³/mol. The fourth-order valence-corrected chi connectivity index (χ4v) is 6.28. The van der Waals surface area contributed by atoms with Gasteiger partial charge in [0, 0.05) is 0 Å². The molecule has 0 aromatic rings. The van der Waals surface area contributed by atoms with Crippen LogP contribution in [0.4, 0.5) is 4.39 Å². The van der Waals surface area contributed by atoms with Gasteiger partial charge >= 0.3 is 120 Å². The topological polar surface area (TPSA) is 0 Å². The molecule has 18 heavy (non-hydrogen) atoms. The van der Waals surface area contributed by atoms with Crippen LogP contribution in [0.15, 0.2) is 20.4 Å². The Morgan fingerprint density at radius 2 is 1.33 bits per heavy atom. The number of hydrogen-bond acceptors (Lipinski definition) is 0. The molecule has 0 saturated carbocycles. The van der Waals surface area contributed by atoms with Crippen LogP contribution in [0.5, 0.6) is 0 Å². The van der Waals surface area contributed by atoms with E-state index in [1.54, 1.807) is 0 Å². The summed E-state index contributed by atoms with van der Waals surface area (Å²) in [5.74, 6) is 0. The first-order valence-electron chi connectivity index (χ1n) is 7.54. The van der Waals surface area contributed by atoms with Crippen LogP contribution in [0.25, 0.3) is 0 Å². The van der Waals surface area contributed by atoms with Gasteiger partial charge in [-0.25, -0.2) is 0 Å². The average molecular weight is 367 g/mol. The van der Waals surface area contributed by atoms with E-state index in [4.69, 9.17) is 0 Å². The Morgan fingerprint density at radius 3 is 1.89 bits per heavy atom. The van der Waals surface area contributed by atoms with E-state index in [0.29, 0.717) is 0 Å². The van der Waals surface area contributed by atoms with Crippen LogP contribution in [0.2, 0.25) is 0 Å². The van der Waals surface area contributed by atoms with Crippen LogP contribution >= 0.6 is 0 Å². The third-order valence-electron chi connectivity index (χ3n) is 3.41. The Bertz CT molecular complexity index is 235. The zero-order valence-corrected chi connectivity index (χ0v) is 14.1. The summed E-state index contributed by atoms with van der Waals surface area (Å²) in [4.78, 5) is 0. The molecule has 0 spiro atoms. The first kappa shape index (κ1) is 16.3. The molecule has 2 heteroatoms. The molecule has 1 aliphatic heterocycles. The number of unbranched alkanes of at least 4 members (excludes halogenated alkanes) is 8. The van der Waals surface area contributed by atoms with Crippen LogP contribution in [0.1, 0.15) is 71.1 Å². The Kier molecular flexibility index (Phi) is 9.99. The Hall–Kier alpha value is 0.200. The summed E-state index contributed by atoms with van der Waals surface area (Å²) in [6, 6.07) is 0. The SMILES string of the molecule is CCCCCCCCCCCC(F)[Te]1C=CC=C1. The van der Waals surface area contributed by atoms with Crippen molar-refractivity contribution in [2.24, 2.45) is 0 Å². The van der Waals surface area contributed by atoms with Crippen LogP contribution < -0.4 is 0 Å². The summed E-state index contributed by atoms with van der Waals surface area (Å²) in [5, 5.41) is 0. The maximum absolute atomic E-state index is 13.8. The molecule has 0 bridgehead atoms. The van der Waals surface area contributed by atoms with Gasteiger partial charge in [0.25, 0.3) is 0 Å². The van der Waals surface area contributed by atoms with Gasteiger partial charge in [-0.05, 0) is 0 Å². The molecule has 1 rings (SSSR count). The zero-order chi connectivity index (χ0) is 13.1. The number of hydrogen-bond donors (Lipinski definition) is 0. The zero-order valence-electron chi connectivity index (χ0n) is 11.7. The Balaban J connectivity index is 1.83. The second-order valence-corrected chi connectivity index (χ2v) is 10.4. The van der Waals surface area contributed by atoms with E-state index in [-0.39, 0.29) is 0 Å². The molecule has 1 atom stereocenters. The van der Waals surface area contributed by atoms with E-state index in [1.807, 2.05) is 12.2 Å². The molecule has 105 valence electrons. The molecular weight excluding hydrogens is 339 g/mol. The van der Waals surface area contributed by atoms with Crippen molar-refractivity contribution in [3.63, 3.8) is 0 Å². The summed E-state index contributed by atoms with van der Waals surface area (Å²) in [5.41, 5.74) is 0. The van der Waals surface area contributed by atoms with Crippen LogP contribution in [-0.4, -0.2) is 23.8 Å². The van der Waals surface area contributed by atoms with Gasteiger partial charge in [-0.3, -0.25) is 0 Å². The Morgan fingerprint density at radius 1 is 0.833 bits per heavy atom. The van der Waals surface area contributed by atoms with Crippen LogP contribution in [-0.2, 0) is 0 Å². The van der Waals surface area contributed by atoms with Gasteiger partial charge in [0.05, 0.1) is 0 Å². The summed E-state index contributed by atoms with van der Waals surface area (Å²) in [6.45, 7) is 2.26. The monoisotopic (exact) mass is 369 g/mol. The Labute approximate surface area is 119 Å². The third-order valence-corrected chi connectivity index (χ3v) is 8.46. The predicted octanol–water partition coefficient (Wildman–Crippen LogP) is 5.48. The van der Waals surface area contributed by atoms with Crippen molar-refractivity contribution in [3.8, 4) is 0 Å². The third kappa shape index (κ3) is 7.59. The minimum atomic E-state index is -1.58. The van der Waals surface area contributed by atoms with Crippen molar-refractivity contribution in [3.05, 3.63) is 20.4 Å². The summed E-state index contributed by atoms with van der Waals surface area (Å²) in [6.07, 6.45) is 16.7. The van der Waals surface area contributed by atoms with E-state index in [2.05, 4.69) is 15.2 Å². The second kappa shape index (κ2) is 11.1. The van der Waals surface area contributed by atoms with Crippen LogP contribution in [0.3, 0.4) is 0 Å². The first-order chi connectivity index (χ1) is 8.84. The van der Waals surface area contributed by atoms with Gasteiger partial charge in [0.2, 0.25) is 0 Å². The maximum atomic E-state index is 13.8. The van der Waals surface area contributed by atoms with E-state index in [1.165, 1.54) is 51.4 Å². The molecule has 1 unspecified atom stereocenters. The van der Waals surface area contributed by atoms with E-state index < -0.39 is 23.8 Å². The normalized spacial score (nSPS) is 16.6. The van der Waals surface area contributed by atoms with Crippen LogP contribution in [0, 0.1) is 0 Å². The molecule has 1 aliphatic rings. The van der Waals surface area contributed by atoms with Gasteiger partial charge in [-0.15, -0.1) is 0 Å². The molecule has 0 aromatic heterocycles. The van der Waals surface area contributed by atoms with E-state index in [0.717, 1.165) is 12.8 Å². The minimum absolute atomic E-state index is 0.492. The molecule has 1 radical (unpaired) electrons. The summed E-state index contributed by atoms with van der Waals surface area (Å²) >= 11 is -1.58. The molecule has 0 fully saturated rings. The quantitative estimate of drug-likeness (QED) is 0.335. The van der Waals surface area contributed by atoms with Crippen molar-refractivity contribution >= 4 is 19.6 Å².